The topological polar surface area (TPSA) is 50.7 Å². The molecule has 1 aliphatic rings. The summed E-state index contributed by atoms with van der Waals surface area (Å²) in [6.45, 7) is 4.02. The van der Waals surface area contributed by atoms with E-state index in [1.54, 1.807) is 6.92 Å². The van der Waals surface area contributed by atoms with Crippen LogP contribution >= 0.6 is 27.7 Å². The summed E-state index contributed by atoms with van der Waals surface area (Å²) in [5.74, 6) is -0.323. The fourth-order valence-electron chi connectivity index (χ4n) is 2.14. The maximum Gasteiger partial charge on any atom is 0.338 e. The Hall–Kier alpha value is -1.27. The number of benzene rings is 1. The number of thioether (sulfide) groups is 1. The molecule has 0 aliphatic carbocycles. The highest BCUT2D eigenvalue weighted by Gasteiger charge is 2.30. The Morgan fingerprint density at radius 2 is 2.29 bits per heavy atom. The SMILES string of the molecule is CCOC(=O)C1=C(C)NC(SC)=N[C@H]1c1cccc(Br)c1. The third-order valence-corrected chi connectivity index (χ3v) is 4.16. The Balaban J connectivity index is 2.47. The fraction of sp³-hybridized carbons (Fsp3) is 0.333. The van der Waals surface area contributed by atoms with E-state index in [1.165, 1.54) is 11.8 Å². The Morgan fingerprint density at radius 1 is 1.52 bits per heavy atom. The fourth-order valence-corrected chi connectivity index (χ4v) is 3.02. The standard InChI is InChI=1S/C15H17BrN2O2S/c1-4-20-14(19)12-9(2)17-15(21-3)18-13(12)10-6-5-7-11(16)8-10/h5-8,13H,4H2,1-3H3,(H,17,18)/t13-/m0/s1. The molecule has 0 fully saturated rings. The number of hydrogen-bond donors (Lipinski definition) is 1. The maximum atomic E-state index is 12.3. The number of ether oxygens (including phenoxy) is 1. The Kier molecular flexibility index (Phi) is 5.47. The number of esters is 1. The molecule has 0 saturated carbocycles. The predicted molar refractivity (Wildman–Crippen MR) is 90.3 cm³/mol. The van der Waals surface area contributed by atoms with Gasteiger partial charge >= 0.3 is 5.97 Å². The summed E-state index contributed by atoms with van der Waals surface area (Å²) in [5, 5.41) is 3.95. The number of carbonyl (C=O) groups excluding carboxylic acids is 1. The summed E-state index contributed by atoms with van der Waals surface area (Å²) in [6.07, 6.45) is 1.95. The van der Waals surface area contributed by atoms with Gasteiger partial charge in [0.25, 0.3) is 0 Å². The van der Waals surface area contributed by atoms with Crippen LogP contribution < -0.4 is 5.32 Å². The molecule has 0 amide bonds. The van der Waals surface area contributed by atoms with Gasteiger partial charge < -0.3 is 10.1 Å². The molecule has 1 N–H and O–H groups in total. The Morgan fingerprint density at radius 3 is 2.90 bits per heavy atom. The van der Waals surface area contributed by atoms with E-state index >= 15 is 0 Å². The van der Waals surface area contributed by atoms with Gasteiger partial charge in [0.05, 0.1) is 12.2 Å². The summed E-state index contributed by atoms with van der Waals surface area (Å²) in [7, 11) is 0. The number of rotatable bonds is 3. The highest BCUT2D eigenvalue weighted by atomic mass is 79.9. The molecule has 112 valence electrons. The van der Waals surface area contributed by atoms with Crippen LogP contribution in [-0.4, -0.2) is 24.0 Å². The molecule has 21 heavy (non-hydrogen) atoms. The van der Waals surface area contributed by atoms with Gasteiger partial charge in [-0.25, -0.2) is 9.79 Å². The molecule has 2 rings (SSSR count). The minimum absolute atomic E-state index is 0.323. The van der Waals surface area contributed by atoms with Crippen molar-refractivity contribution < 1.29 is 9.53 Å². The van der Waals surface area contributed by atoms with Crippen LogP contribution in [0, 0.1) is 0 Å². The zero-order chi connectivity index (χ0) is 15.4. The summed E-state index contributed by atoms with van der Waals surface area (Å²) in [6, 6.07) is 7.49. The van der Waals surface area contributed by atoms with Crippen molar-refractivity contribution in [1.29, 1.82) is 0 Å². The average Bonchev–Trinajstić information content (AvgIpc) is 2.46. The van der Waals surface area contributed by atoms with Gasteiger partial charge in [0.2, 0.25) is 0 Å². The Bertz CT molecular complexity index is 613. The van der Waals surface area contributed by atoms with Gasteiger partial charge in [0.15, 0.2) is 5.17 Å². The monoisotopic (exact) mass is 368 g/mol. The van der Waals surface area contributed by atoms with Gasteiger partial charge in [-0.1, -0.05) is 39.8 Å². The largest absolute Gasteiger partial charge is 0.463 e. The van der Waals surface area contributed by atoms with Crippen LogP contribution in [-0.2, 0) is 9.53 Å². The summed E-state index contributed by atoms with van der Waals surface area (Å²) in [4.78, 5) is 16.9. The van der Waals surface area contributed by atoms with Crippen LogP contribution in [0.5, 0.6) is 0 Å². The number of carbonyl (C=O) groups is 1. The number of nitrogens with one attached hydrogen (secondary N) is 1. The lowest BCUT2D eigenvalue weighted by atomic mass is 9.97. The van der Waals surface area contributed by atoms with E-state index in [-0.39, 0.29) is 12.0 Å². The predicted octanol–water partition coefficient (Wildman–Crippen LogP) is 3.65. The van der Waals surface area contributed by atoms with Crippen molar-refractivity contribution >= 4 is 38.8 Å². The number of nitrogens with zero attached hydrogens (tertiary/aromatic N) is 1. The minimum Gasteiger partial charge on any atom is -0.463 e. The molecule has 0 saturated heterocycles. The van der Waals surface area contributed by atoms with E-state index in [0.717, 1.165) is 20.9 Å². The van der Waals surface area contributed by atoms with Gasteiger partial charge in [-0.3, -0.25) is 0 Å². The van der Waals surface area contributed by atoms with Crippen LogP contribution in [0.2, 0.25) is 0 Å². The average molecular weight is 369 g/mol. The molecule has 4 nitrogen and oxygen atoms in total. The molecule has 1 aromatic carbocycles. The quantitative estimate of drug-likeness (QED) is 0.827. The number of allylic oxidation sites excluding steroid dienone is 1. The van der Waals surface area contributed by atoms with E-state index in [9.17, 15) is 4.79 Å². The summed E-state index contributed by atoms with van der Waals surface area (Å²) < 4.78 is 6.14. The third-order valence-electron chi connectivity index (χ3n) is 3.07. The van der Waals surface area contributed by atoms with E-state index in [4.69, 9.17) is 4.74 Å². The lowest BCUT2D eigenvalue weighted by Crippen LogP contribution is -2.30. The normalized spacial score (nSPS) is 18.1. The van der Waals surface area contributed by atoms with Gasteiger partial charge in [-0.2, -0.15) is 0 Å². The second-order valence-electron chi connectivity index (χ2n) is 4.48. The number of amidine groups is 1. The maximum absolute atomic E-state index is 12.3. The highest BCUT2D eigenvalue weighted by molar-refractivity contribution is 9.10. The first-order valence-corrected chi connectivity index (χ1v) is 8.60. The first-order chi connectivity index (χ1) is 10.1. The lowest BCUT2D eigenvalue weighted by molar-refractivity contribution is -0.138. The van der Waals surface area contributed by atoms with Crippen LogP contribution in [0.1, 0.15) is 25.5 Å². The smallest absolute Gasteiger partial charge is 0.338 e. The van der Waals surface area contributed by atoms with Crippen LogP contribution in [0.3, 0.4) is 0 Å². The van der Waals surface area contributed by atoms with Crippen LogP contribution in [0.15, 0.2) is 45.0 Å². The van der Waals surface area contributed by atoms with Gasteiger partial charge in [0.1, 0.15) is 6.04 Å². The van der Waals surface area contributed by atoms with Crippen LogP contribution in [0.4, 0.5) is 0 Å². The van der Waals surface area contributed by atoms with E-state index in [2.05, 4.69) is 26.2 Å². The van der Waals surface area contributed by atoms with Gasteiger partial charge in [0, 0.05) is 10.2 Å². The first kappa shape index (κ1) is 16.1. The molecule has 0 unspecified atom stereocenters. The summed E-state index contributed by atoms with van der Waals surface area (Å²) >= 11 is 4.98. The second-order valence-corrected chi connectivity index (χ2v) is 6.19. The Labute approximate surface area is 137 Å². The first-order valence-electron chi connectivity index (χ1n) is 6.59. The molecule has 1 aromatic rings. The third kappa shape index (κ3) is 3.68. The van der Waals surface area contributed by atoms with Crippen molar-refractivity contribution in [2.75, 3.05) is 12.9 Å². The van der Waals surface area contributed by atoms with E-state index in [1.807, 2.05) is 37.4 Å². The second kappa shape index (κ2) is 7.13. The van der Waals surface area contributed by atoms with E-state index in [0.29, 0.717) is 12.2 Å². The summed E-state index contributed by atoms with van der Waals surface area (Å²) in [5.41, 5.74) is 2.31. The zero-order valence-electron chi connectivity index (χ0n) is 12.1. The molecule has 0 radical (unpaired) electrons. The molecule has 0 spiro atoms. The molecule has 1 aliphatic heterocycles. The molecule has 1 atom stereocenters. The highest BCUT2D eigenvalue weighted by Crippen LogP contribution is 2.33. The van der Waals surface area contributed by atoms with Gasteiger partial charge in [-0.15, -0.1) is 0 Å². The lowest BCUT2D eigenvalue weighted by Gasteiger charge is -2.25. The van der Waals surface area contributed by atoms with Crippen molar-refractivity contribution in [2.45, 2.75) is 19.9 Å². The molecule has 6 heteroatoms. The molecule has 1 heterocycles. The van der Waals surface area contributed by atoms with Crippen molar-refractivity contribution in [3.05, 3.63) is 45.6 Å². The minimum atomic E-state index is -0.342. The van der Waals surface area contributed by atoms with Crippen molar-refractivity contribution in [1.82, 2.24) is 5.32 Å². The van der Waals surface area contributed by atoms with E-state index < -0.39 is 0 Å². The van der Waals surface area contributed by atoms with Crippen LogP contribution in [0.25, 0.3) is 0 Å². The van der Waals surface area contributed by atoms with Crippen molar-refractivity contribution in [3.8, 4) is 0 Å². The van der Waals surface area contributed by atoms with Crippen molar-refractivity contribution in [3.63, 3.8) is 0 Å². The molecule has 0 bridgehead atoms. The van der Waals surface area contributed by atoms with Crippen molar-refractivity contribution in [2.24, 2.45) is 4.99 Å². The zero-order valence-corrected chi connectivity index (χ0v) is 14.5. The molecular weight excluding hydrogens is 352 g/mol. The number of halogens is 1. The molecule has 0 aromatic heterocycles. The molecular formula is C15H17BrN2O2S. The number of aliphatic imine (C=N–C) groups is 1. The number of hydrogen-bond acceptors (Lipinski definition) is 5. The van der Waals surface area contributed by atoms with Gasteiger partial charge in [-0.05, 0) is 37.8 Å².